The fourth-order valence-corrected chi connectivity index (χ4v) is 3.90. The summed E-state index contributed by atoms with van der Waals surface area (Å²) < 4.78 is 0. The largest absolute Gasteiger partial charge is 0.353 e. The fourth-order valence-electron chi connectivity index (χ4n) is 3.90. The summed E-state index contributed by atoms with van der Waals surface area (Å²) >= 11 is 0. The minimum atomic E-state index is -0.0806. The van der Waals surface area contributed by atoms with E-state index in [4.69, 9.17) is 0 Å². The van der Waals surface area contributed by atoms with Crippen molar-refractivity contribution in [2.24, 2.45) is 5.41 Å². The standard InChI is InChI=1S/C18H26N4O2/c1-13(2)20-17(24)15-8-18(10-21(15)3)11-22(12-18)16(23)7-14-5-4-6-19-9-14/h4-6,9,13,15H,7-8,10-12H2,1-3H3,(H,20,24). The van der Waals surface area contributed by atoms with E-state index in [1.165, 1.54) is 0 Å². The Bertz CT molecular complexity index is 611. The second-order valence-electron chi connectivity index (χ2n) is 7.59. The first-order chi connectivity index (χ1) is 11.4. The lowest BCUT2D eigenvalue weighted by Gasteiger charge is -2.48. The molecule has 3 heterocycles. The Morgan fingerprint density at radius 3 is 2.75 bits per heavy atom. The van der Waals surface area contributed by atoms with Crippen LogP contribution in [0.15, 0.2) is 24.5 Å². The first kappa shape index (κ1) is 16.9. The van der Waals surface area contributed by atoms with Crippen LogP contribution >= 0.6 is 0 Å². The summed E-state index contributed by atoms with van der Waals surface area (Å²) in [6.07, 6.45) is 4.68. The number of rotatable bonds is 4. The van der Waals surface area contributed by atoms with Crippen LogP contribution in [0.2, 0.25) is 0 Å². The van der Waals surface area contributed by atoms with Crippen molar-refractivity contribution in [3.63, 3.8) is 0 Å². The predicted octanol–water partition coefficient (Wildman–Crippen LogP) is 0.681. The number of nitrogens with zero attached hydrogens (tertiary/aromatic N) is 3. The molecule has 0 saturated carbocycles. The summed E-state index contributed by atoms with van der Waals surface area (Å²) in [6, 6.07) is 3.85. The molecule has 6 heteroatoms. The molecule has 1 aromatic rings. The van der Waals surface area contributed by atoms with Gasteiger partial charge in [-0.25, -0.2) is 0 Å². The van der Waals surface area contributed by atoms with Crippen LogP contribution in [0.3, 0.4) is 0 Å². The van der Waals surface area contributed by atoms with Crippen molar-refractivity contribution in [3.05, 3.63) is 30.1 Å². The van der Waals surface area contributed by atoms with Gasteiger partial charge < -0.3 is 10.2 Å². The van der Waals surface area contributed by atoms with E-state index in [9.17, 15) is 9.59 Å². The average Bonchev–Trinajstić information content (AvgIpc) is 2.84. The topological polar surface area (TPSA) is 65.5 Å². The Hall–Kier alpha value is -1.95. The molecule has 24 heavy (non-hydrogen) atoms. The number of carbonyl (C=O) groups excluding carboxylic acids is 2. The molecule has 2 aliphatic rings. The van der Waals surface area contributed by atoms with Gasteiger partial charge in [0.2, 0.25) is 11.8 Å². The van der Waals surface area contributed by atoms with Gasteiger partial charge in [-0.05, 0) is 38.9 Å². The van der Waals surface area contributed by atoms with Gasteiger partial charge in [-0.15, -0.1) is 0 Å². The van der Waals surface area contributed by atoms with Gasteiger partial charge in [0, 0.05) is 43.5 Å². The number of nitrogens with one attached hydrogen (secondary N) is 1. The predicted molar refractivity (Wildman–Crippen MR) is 91.3 cm³/mol. The minimum absolute atomic E-state index is 0.0806. The van der Waals surface area contributed by atoms with Gasteiger partial charge in [0.05, 0.1) is 12.5 Å². The van der Waals surface area contributed by atoms with E-state index in [1.807, 2.05) is 37.9 Å². The zero-order chi connectivity index (χ0) is 17.3. The van der Waals surface area contributed by atoms with Crippen LogP contribution in [0, 0.1) is 5.41 Å². The number of aromatic nitrogens is 1. The molecule has 3 rings (SSSR count). The van der Waals surface area contributed by atoms with Gasteiger partial charge in [-0.2, -0.15) is 0 Å². The Morgan fingerprint density at radius 2 is 2.12 bits per heavy atom. The summed E-state index contributed by atoms with van der Waals surface area (Å²) in [5.74, 6) is 0.246. The first-order valence-corrected chi connectivity index (χ1v) is 8.56. The maximum atomic E-state index is 12.4. The molecule has 130 valence electrons. The third-order valence-electron chi connectivity index (χ3n) is 4.96. The van der Waals surface area contributed by atoms with Crippen molar-refractivity contribution in [3.8, 4) is 0 Å². The summed E-state index contributed by atoms with van der Waals surface area (Å²) in [5, 5.41) is 3.00. The quantitative estimate of drug-likeness (QED) is 0.882. The number of likely N-dealkylation sites (N-methyl/N-ethyl adjacent to an activating group) is 1. The van der Waals surface area contributed by atoms with E-state index < -0.39 is 0 Å². The summed E-state index contributed by atoms with van der Waals surface area (Å²) in [7, 11) is 2.00. The van der Waals surface area contributed by atoms with Crippen molar-refractivity contribution >= 4 is 11.8 Å². The second-order valence-corrected chi connectivity index (χ2v) is 7.59. The number of pyridine rings is 1. The molecule has 1 unspecified atom stereocenters. The number of carbonyl (C=O) groups is 2. The van der Waals surface area contributed by atoms with Gasteiger partial charge in [-0.3, -0.25) is 19.5 Å². The lowest BCUT2D eigenvalue weighted by Crippen LogP contribution is -2.59. The van der Waals surface area contributed by atoms with Gasteiger partial charge >= 0.3 is 0 Å². The van der Waals surface area contributed by atoms with Crippen molar-refractivity contribution in [1.82, 2.24) is 20.1 Å². The highest BCUT2D eigenvalue weighted by Gasteiger charge is 2.53. The molecule has 0 aromatic carbocycles. The maximum absolute atomic E-state index is 12.4. The third kappa shape index (κ3) is 3.43. The molecular formula is C18H26N4O2. The maximum Gasteiger partial charge on any atom is 0.237 e. The highest BCUT2D eigenvalue weighted by molar-refractivity contribution is 5.83. The Balaban J connectivity index is 1.54. The van der Waals surface area contributed by atoms with E-state index in [2.05, 4.69) is 15.2 Å². The van der Waals surface area contributed by atoms with Gasteiger partial charge in [0.25, 0.3) is 0 Å². The molecule has 0 radical (unpaired) electrons. The Kier molecular flexibility index (Phi) is 4.58. The zero-order valence-corrected chi connectivity index (χ0v) is 14.7. The SMILES string of the molecule is CC(C)NC(=O)C1CC2(CN(C(=O)Cc3cccnc3)C2)CN1C. The summed E-state index contributed by atoms with van der Waals surface area (Å²) in [5.41, 5.74) is 1.03. The van der Waals surface area contributed by atoms with Gasteiger partial charge in [0.15, 0.2) is 0 Å². The van der Waals surface area contributed by atoms with Crippen LogP contribution in [0.1, 0.15) is 25.8 Å². The molecule has 6 nitrogen and oxygen atoms in total. The summed E-state index contributed by atoms with van der Waals surface area (Å²) in [4.78, 5) is 32.8. The second kappa shape index (κ2) is 6.51. The Labute approximate surface area is 143 Å². The smallest absolute Gasteiger partial charge is 0.237 e. The number of amides is 2. The molecule has 2 fully saturated rings. The van der Waals surface area contributed by atoms with E-state index in [0.29, 0.717) is 6.42 Å². The zero-order valence-electron chi connectivity index (χ0n) is 14.7. The fraction of sp³-hybridized carbons (Fsp3) is 0.611. The Morgan fingerprint density at radius 1 is 1.38 bits per heavy atom. The highest BCUT2D eigenvalue weighted by atomic mass is 16.2. The van der Waals surface area contributed by atoms with Crippen LogP contribution in [0.5, 0.6) is 0 Å². The lowest BCUT2D eigenvalue weighted by atomic mass is 9.77. The molecule has 1 atom stereocenters. The van der Waals surface area contributed by atoms with E-state index in [0.717, 1.165) is 31.6 Å². The molecule has 1 N–H and O–H groups in total. The van der Waals surface area contributed by atoms with Crippen LogP contribution in [-0.2, 0) is 16.0 Å². The van der Waals surface area contributed by atoms with E-state index in [-0.39, 0.29) is 29.3 Å². The number of hydrogen-bond acceptors (Lipinski definition) is 4. The molecule has 0 bridgehead atoms. The van der Waals surface area contributed by atoms with Crippen molar-refractivity contribution in [2.75, 3.05) is 26.7 Å². The molecular weight excluding hydrogens is 304 g/mol. The number of hydrogen-bond donors (Lipinski definition) is 1. The number of likely N-dealkylation sites (tertiary alicyclic amines) is 2. The first-order valence-electron chi connectivity index (χ1n) is 8.56. The highest BCUT2D eigenvalue weighted by Crippen LogP contribution is 2.42. The summed E-state index contributed by atoms with van der Waals surface area (Å²) in [6.45, 7) is 6.33. The van der Waals surface area contributed by atoms with Crippen LogP contribution in [0.25, 0.3) is 0 Å². The van der Waals surface area contributed by atoms with Crippen molar-refractivity contribution < 1.29 is 9.59 Å². The van der Waals surface area contributed by atoms with Crippen molar-refractivity contribution in [1.29, 1.82) is 0 Å². The van der Waals surface area contributed by atoms with Gasteiger partial charge in [0.1, 0.15) is 0 Å². The minimum Gasteiger partial charge on any atom is -0.353 e. The molecule has 0 aliphatic carbocycles. The molecule has 2 aliphatic heterocycles. The van der Waals surface area contributed by atoms with Crippen LogP contribution < -0.4 is 5.32 Å². The van der Waals surface area contributed by atoms with E-state index in [1.54, 1.807) is 12.4 Å². The van der Waals surface area contributed by atoms with Crippen molar-refractivity contribution in [2.45, 2.75) is 38.8 Å². The lowest BCUT2D eigenvalue weighted by molar-refractivity contribution is -0.141. The average molecular weight is 330 g/mol. The normalized spacial score (nSPS) is 22.7. The van der Waals surface area contributed by atoms with Gasteiger partial charge in [-0.1, -0.05) is 6.07 Å². The monoisotopic (exact) mass is 330 g/mol. The van der Waals surface area contributed by atoms with Crippen LogP contribution in [0.4, 0.5) is 0 Å². The molecule has 1 spiro atoms. The van der Waals surface area contributed by atoms with E-state index >= 15 is 0 Å². The van der Waals surface area contributed by atoms with Crippen LogP contribution in [-0.4, -0.2) is 65.4 Å². The molecule has 1 aromatic heterocycles. The molecule has 2 saturated heterocycles. The molecule has 2 amide bonds. The third-order valence-corrected chi connectivity index (χ3v) is 4.96.